The fourth-order valence-electron chi connectivity index (χ4n) is 3.48. The van der Waals surface area contributed by atoms with Crippen molar-refractivity contribution in [3.05, 3.63) is 53.3 Å². The Bertz CT molecular complexity index is 873. The van der Waals surface area contributed by atoms with Crippen LogP contribution in [0, 0.1) is 5.41 Å². The first-order valence-electron chi connectivity index (χ1n) is 8.64. The summed E-state index contributed by atoms with van der Waals surface area (Å²) in [6, 6.07) is 8.69. The number of aromatic amines is 1. The van der Waals surface area contributed by atoms with Gasteiger partial charge in [0.25, 0.3) is 0 Å². The number of benzene rings is 1. The van der Waals surface area contributed by atoms with Crippen LogP contribution in [0.1, 0.15) is 37.5 Å². The molecule has 0 radical (unpaired) electrons. The van der Waals surface area contributed by atoms with Crippen LogP contribution < -0.4 is 4.90 Å². The lowest BCUT2D eigenvalue weighted by atomic mass is 9.89. The Morgan fingerprint density at radius 2 is 1.96 bits per heavy atom. The largest absolute Gasteiger partial charge is 0.351 e. The Morgan fingerprint density at radius 1 is 1.17 bits per heavy atom. The normalized spacial score (nSPS) is 14.9. The molecule has 1 N–H and O–H groups in total. The number of rotatable bonds is 2. The van der Waals surface area contributed by atoms with Gasteiger partial charge in [0.15, 0.2) is 5.65 Å². The maximum Gasteiger partial charge on any atom is 0.156 e. The van der Waals surface area contributed by atoms with E-state index in [1.165, 1.54) is 16.7 Å². The molecule has 4 heteroatoms. The Morgan fingerprint density at radius 3 is 2.75 bits per heavy atom. The zero-order valence-corrected chi connectivity index (χ0v) is 14.6. The molecule has 0 bridgehead atoms. The van der Waals surface area contributed by atoms with Crippen LogP contribution in [0.4, 0.5) is 5.82 Å². The molecule has 0 aliphatic carbocycles. The fourth-order valence-corrected chi connectivity index (χ4v) is 3.48. The Balaban J connectivity index is 1.67. The standard InChI is InChI=1S/C20H24N4/c1-20(2,3)10-16-11-21-19-18(16)23-17(12-22-19)24-9-8-14-6-4-5-7-15(14)13-24/h4-7,11-12H,8-10,13H2,1-3H3,(H,21,22). The van der Waals surface area contributed by atoms with Crippen LogP contribution in [0.5, 0.6) is 0 Å². The van der Waals surface area contributed by atoms with Crippen molar-refractivity contribution in [2.45, 2.75) is 40.2 Å². The summed E-state index contributed by atoms with van der Waals surface area (Å²) in [7, 11) is 0. The summed E-state index contributed by atoms with van der Waals surface area (Å²) in [6.45, 7) is 8.67. The van der Waals surface area contributed by atoms with Gasteiger partial charge in [0.05, 0.1) is 6.20 Å². The van der Waals surface area contributed by atoms with Crippen molar-refractivity contribution in [2.24, 2.45) is 5.41 Å². The van der Waals surface area contributed by atoms with E-state index in [0.717, 1.165) is 42.9 Å². The second kappa shape index (κ2) is 5.62. The first-order chi connectivity index (χ1) is 11.5. The van der Waals surface area contributed by atoms with Gasteiger partial charge in [-0.15, -0.1) is 0 Å². The molecule has 1 aliphatic rings. The molecule has 24 heavy (non-hydrogen) atoms. The number of fused-ring (bicyclic) bond motifs is 2. The number of hydrogen-bond acceptors (Lipinski definition) is 3. The van der Waals surface area contributed by atoms with Crippen LogP contribution in [0.25, 0.3) is 11.2 Å². The molecule has 1 aromatic carbocycles. The quantitative estimate of drug-likeness (QED) is 0.773. The van der Waals surface area contributed by atoms with E-state index in [2.05, 4.69) is 66.1 Å². The van der Waals surface area contributed by atoms with Crippen LogP contribution in [0.3, 0.4) is 0 Å². The van der Waals surface area contributed by atoms with E-state index in [1.807, 2.05) is 6.20 Å². The van der Waals surface area contributed by atoms with Crippen LogP contribution in [0.15, 0.2) is 36.7 Å². The summed E-state index contributed by atoms with van der Waals surface area (Å²) < 4.78 is 0. The van der Waals surface area contributed by atoms with Gasteiger partial charge in [-0.25, -0.2) is 9.97 Å². The van der Waals surface area contributed by atoms with Crippen molar-refractivity contribution >= 4 is 17.0 Å². The van der Waals surface area contributed by atoms with E-state index in [9.17, 15) is 0 Å². The lowest BCUT2D eigenvalue weighted by molar-refractivity contribution is 0.412. The van der Waals surface area contributed by atoms with Gasteiger partial charge in [-0.05, 0) is 34.9 Å². The Kier molecular flexibility index (Phi) is 3.56. The van der Waals surface area contributed by atoms with E-state index in [1.54, 1.807) is 0 Å². The van der Waals surface area contributed by atoms with Gasteiger partial charge in [-0.2, -0.15) is 0 Å². The van der Waals surface area contributed by atoms with Gasteiger partial charge < -0.3 is 9.88 Å². The van der Waals surface area contributed by atoms with E-state index in [4.69, 9.17) is 4.98 Å². The van der Waals surface area contributed by atoms with Crippen molar-refractivity contribution in [2.75, 3.05) is 11.4 Å². The average molecular weight is 320 g/mol. The van der Waals surface area contributed by atoms with Crippen molar-refractivity contribution < 1.29 is 0 Å². The van der Waals surface area contributed by atoms with Crippen molar-refractivity contribution in [3.63, 3.8) is 0 Å². The van der Waals surface area contributed by atoms with Gasteiger partial charge >= 0.3 is 0 Å². The number of nitrogens with zero attached hydrogens (tertiary/aromatic N) is 3. The zero-order valence-electron chi connectivity index (χ0n) is 14.6. The molecule has 2 aromatic heterocycles. The smallest absolute Gasteiger partial charge is 0.156 e. The molecule has 4 nitrogen and oxygen atoms in total. The fraction of sp³-hybridized carbons (Fsp3) is 0.400. The van der Waals surface area contributed by atoms with E-state index >= 15 is 0 Å². The maximum atomic E-state index is 4.95. The van der Waals surface area contributed by atoms with E-state index < -0.39 is 0 Å². The Hall–Kier alpha value is -2.36. The summed E-state index contributed by atoms with van der Waals surface area (Å²) in [6.07, 6.45) is 6.02. The number of hydrogen-bond donors (Lipinski definition) is 1. The van der Waals surface area contributed by atoms with Gasteiger partial charge in [0.1, 0.15) is 11.3 Å². The Labute approximate surface area is 142 Å². The molecule has 4 rings (SSSR count). The SMILES string of the molecule is CC(C)(C)Cc1c[nH]c2ncc(N3CCc4ccccc4C3)nc12. The molecule has 1 aliphatic heterocycles. The molecule has 3 heterocycles. The number of anilines is 1. The highest BCUT2D eigenvalue weighted by molar-refractivity contribution is 5.76. The first-order valence-corrected chi connectivity index (χ1v) is 8.64. The molecule has 0 fully saturated rings. The molecule has 0 unspecified atom stereocenters. The van der Waals surface area contributed by atoms with E-state index in [0.29, 0.717) is 0 Å². The monoisotopic (exact) mass is 320 g/mol. The molecule has 3 aromatic rings. The second-order valence-electron chi connectivity index (χ2n) is 7.92. The molecule has 124 valence electrons. The summed E-state index contributed by atoms with van der Waals surface area (Å²) in [5, 5.41) is 0. The molecule has 0 atom stereocenters. The van der Waals surface area contributed by atoms with Crippen molar-refractivity contribution in [1.29, 1.82) is 0 Å². The zero-order chi connectivity index (χ0) is 16.7. The van der Waals surface area contributed by atoms with E-state index in [-0.39, 0.29) is 5.41 Å². The van der Waals surface area contributed by atoms with Crippen molar-refractivity contribution in [1.82, 2.24) is 15.0 Å². The molecule has 0 saturated carbocycles. The van der Waals surface area contributed by atoms with Gasteiger partial charge in [-0.1, -0.05) is 45.0 Å². The highest BCUT2D eigenvalue weighted by Gasteiger charge is 2.20. The predicted molar refractivity (Wildman–Crippen MR) is 98.2 cm³/mol. The second-order valence-corrected chi connectivity index (χ2v) is 7.92. The molecule has 0 spiro atoms. The highest BCUT2D eigenvalue weighted by Crippen LogP contribution is 2.28. The molecule has 0 saturated heterocycles. The third-order valence-corrected chi connectivity index (χ3v) is 4.62. The summed E-state index contributed by atoms with van der Waals surface area (Å²) in [5.74, 6) is 0.978. The number of H-pyrrole nitrogens is 1. The lowest BCUT2D eigenvalue weighted by Gasteiger charge is -2.29. The number of nitrogens with one attached hydrogen (secondary N) is 1. The number of aromatic nitrogens is 3. The minimum atomic E-state index is 0.233. The topological polar surface area (TPSA) is 44.8 Å². The minimum absolute atomic E-state index is 0.233. The highest BCUT2D eigenvalue weighted by atomic mass is 15.2. The molecular formula is C20H24N4. The van der Waals surface area contributed by atoms with Crippen LogP contribution in [0.2, 0.25) is 0 Å². The average Bonchev–Trinajstić information content (AvgIpc) is 2.95. The summed E-state index contributed by atoms with van der Waals surface area (Å²) in [4.78, 5) is 15.2. The van der Waals surface area contributed by atoms with Gasteiger partial charge in [0, 0.05) is 19.3 Å². The maximum absolute atomic E-state index is 4.95. The minimum Gasteiger partial charge on any atom is -0.351 e. The van der Waals surface area contributed by atoms with Gasteiger partial charge in [0.2, 0.25) is 0 Å². The molecule has 0 amide bonds. The van der Waals surface area contributed by atoms with Crippen LogP contribution in [-0.4, -0.2) is 21.5 Å². The van der Waals surface area contributed by atoms with Crippen LogP contribution in [-0.2, 0) is 19.4 Å². The first kappa shape index (κ1) is 15.2. The lowest BCUT2D eigenvalue weighted by Crippen LogP contribution is -2.31. The van der Waals surface area contributed by atoms with Gasteiger partial charge in [-0.3, -0.25) is 0 Å². The van der Waals surface area contributed by atoms with Crippen LogP contribution >= 0.6 is 0 Å². The molecular weight excluding hydrogens is 296 g/mol. The predicted octanol–water partition coefficient (Wildman–Crippen LogP) is 4.11. The summed E-state index contributed by atoms with van der Waals surface area (Å²) in [5.41, 5.74) is 6.24. The summed E-state index contributed by atoms with van der Waals surface area (Å²) >= 11 is 0. The van der Waals surface area contributed by atoms with Crippen molar-refractivity contribution in [3.8, 4) is 0 Å². The third kappa shape index (κ3) is 2.88. The third-order valence-electron chi connectivity index (χ3n) is 4.62.